The first-order chi connectivity index (χ1) is 13.5. The molecule has 1 unspecified atom stereocenters. The van der Waals surface area contributed by atoms with Crippen molar-refractivity contribution in [3.63, 3.8) is 0 Å². The van der Waals surface area contributed by atoms with Crippen LogP contribution in [0.25, 0.3) is 10.9 Å². The van der Waals surface area contributed by atoms with Crippen molar-refractivity contribution < 1.29 is 9.53 Å². The Morgan fingerprint density at radius 1 is 1.25 bits per heavy atom. The lowest BCUT2D eigenvalue weighted by atomic mass is 10.1. The second-order valence-corrected chi connectivity index (χ2v) is 7.36. The largest absolute Gasteiger partial charge is 0.494 e. The Morgan fingerprint density at radius 3 is 2.71 bits per heavy atom. The third-order valence-corrected chi connectivity index (χ3v) is 4.93. The molecule has 0 fully saturated rings. The first-order valence-corrected chi connectivity index (χ1v) is 9.94. The number of carbonyl (C=O) groups is 1. The van der Waals surface area contributed by atoms with Gasteiger partial charge in [0.15, 0.2) is 0 Å². The molecule has 1 N–H and O–H groups in total. The van der Waals surface area contributed by atoms with Gasteiger partial charge in [-0.1, -0.05) is 28.1 Å². The predicted molar refractivity (Wildman–Crippen MR) is 112 cm³/mol. The summed E-state index contributed by atoms with van der Waals surface area (Å²) >= 11 is 3.37. The standard InChI is InChI=1S/C21H22BrN3O3/c1-3-28-17-7-4-15(5-8-17)14(2)24-20(26)10-11-25-13-23-19-9-6-16(22)12-18(19)21(25)27/h4-9,12-14H,3,10-11H2,1-2H3,(H,24,26). The summed E-state index contributed by atoms with van der Waals surface area (Å²) in [7, 11) is 0. The number of fused-ring (bicyclic) bond motifs is 1. The SMILES string of the molecule is CCOc1ccc(C(C)NC(=O)CCn2cnc3ccc(Br)cc3c2=O)cc1. The van der Waals surface area contributed by atoms with Crippen LogP contribution in [0.15, 0.2) is 58.1 Å². The van der Waals surface area contributed by atoms with Crippen LogP contribution in [0.4, 0.5) is 0 Å². The molecule has 0 saturated heterocycles. The van der Waals surface area contributed by atoms with Crippen LogP contribution in [0, 0.1) is 0 Å². The number of ether oxygens (including phenoxy) is 1. The van der Waals surface area contributed by atoms with Crippen molar-refractivity contribution in [1.82, 2.24) is 14.9 Å². The highest BCUT2D eigenvalue weighted by molar-refractivity contribution is 9.10. The Bertz CT molecular complexity index is 1030. The number of nitrogens with one attached hydrogen (secondary N) is 1. The van der Waals surface area contributed by atoms with E-state index in [1.54, 1.807) is 12.1 Å². The molecule has 6 nitrogen and oxygen atoms in total. The van der Waals surface area contributed by atoms with Gasteiger partial charge in [-0.15, -0.1) is 0 Å². The molecule has 146 valence electrons. The summed E-state index contributed by atoms with van der Waals surface area (Å²) in [6.07, 6.45) is 1.68. The number of hydrogen-bond acceptors (Lipinski definition) is 4. The smallest absolute Gasteiger partial charge is 0.261 e. The van der Waals surface area contributed by atoms with E-state index in [2.05, 4.69) is 26.2 Å². The van der Waals surface area contributed by atoms with Gasteiger partial charge in [-0.3, -0.25) is 14.2 Å². The highest BCUT2D eigenvalue weighted by Gasteiger charge is 2.11. The van der Waals surface area contributed by atoms with Crippen molar-refractivity contribution >= 4 is 32.7 Å². The maximum absolute atomic E-state index is 12.6. The van der Waals surface area contributed by atoms with Gasteiger partial charge in [-0.2, -0.15) is 0 Å². The summed E-state index contributed by atoms with van der Waals surface area (Å²) in [4.78, 5) is 29.2. The fourth-order valence-electron chi connectivity index (χ4n) is 2.93. The normalized spacial score (nSPS) is 12.0. The third kappa shape index (κ3) is 4.78. The van der Waals surface area contributed by atoms with Gasteiger partial charge in [0.05, 0.1) is 29.9 Å². The first-order valence-electron chi connectivity index (χ1n) is 9.14. The summed E-state index contributed by atoms with van der Waals surface area (Å²) in [5.74, 6) is 0.683. The van der Waals surface area contributed by atoms with Gasteiger partial charge < -0.3 is 10.1 Å². The zero-order chi connectivity index (χ0) is 20.1. The quantitative estimate of drug-likeness (QED) is 0.602. The molecular weight excluding hydrogens is 422 g/mol. The zero-order valence-electron chi connectivity index (χ0n) is 15.8. The molecule has 0 bridgehead atoms. The minimum absolute atomic E-state index is 0.123. The topological polar surface area (TPSA) is 73.2 Å². The second kappa shape index (κ2) is 9.01. The Balaban J connectivity index is 1.61. The third-order valence-electron chi connectivity index (χ3n) is 4.43. The van der Waals surface area contributed by atoms with E-state index in [0.717, 1.165) is 15.8 Å². The molecule has 1 aromatic heterocycles. The molecule has 1 amide bonds. The average Bonchev–Trinajstić information content (AvgIpc) is 2.68. The lowest BCUT2D eigenvalue weighted by Crippen LogP contribution is -2.29. The van der Waals surface area contributed by atoms with Gasteiger partial charge >= 0.3 is 0 Å². The minimum Gasteiger partial charge on any atom is -0.494 e. The summed E-state index contributed by atoms with van der Waals surface area (Å²) in [6, 6.07) is 12.9. The van der Waals surface area contributed by atoms with Crippen LogP contribution in [0.1, 0.15) is 31.9 Å². The van der Waals surface area contributed by atoms with E-state index in [-0.39, 0.29) is 30.5 Å². The summed E-state index contributed by atoms with van der Waals surface area (Å²) in [5, 5.41) is 3.49. The average molecular weight is 444 g/mol. The lowest BCUT2D eigenvalue weighted by Gasteiger charge is -2.15. The van der Waals surface area contributed by atoms with Crippen LogP contribution in [0.3, 0.4) is 0 Å². The first kappa shape index (κ1) is 20.1. The van der Waals surface area contributed by atoms with E-state index in [1.807, 2.05) is 44.2 Å². The van der Waals surface area contributed by atoms with E-state index in [4.69, 9.17) is 4.74 Å². The number of nitrogens with zero attached hydrogens (tertiary/aromatic N) is 2. The summed E-state index contributed by atoms with van der Waals surface area (Å²) in [5.41, 5.74) is 1.47. The van der Waals surface area contributed by atoms with E-state index < -0.39 is 0 Å². The molecule has 3 aromatic rings. The predicted octanol–water partition coefficient (Wildman–Crippen LogP) is 3.83. The van der Waals surface area contributed by atoms with E-state index in [9.17, 15) is 9.59 Å². The maximum atomic E-state index is 12.6. The van der Waals surface area contributed by atoms with Crippen LogP contribution in [0.2, 0.25) is 0 Å². The molecule has 0 saturated carbocycles. The molecule has 7 heteroatoms. The van der Waals surface area contributed by atoms with Crippen LogP contribution >= 0.6 is 15.9 Å². The molecule has 0 aliphatic heterocycles. The highest BCUT2D eigenvalue weighted by atomic mass is 79.9. The fraction of sp³-hybridized carbons (Fsp3) is 0.286. The van der Waals surface area contributed by atoms with Crippen molar-refractivity contribution in [3.8, 4) is 5.75 Å². The van der Waals surface area contributed by atoms with E-state index >= 15 is 0 Å². The molecule has 1 heterocycles. The number of carbonyl (C=O) groups excluding carboxylic acids is 1. The Labute approximate surface area is 171 Å². The number of aromatic nitrogens is 2. The minimum atomic E-state index is -0.154. The van der Waals surface area contributed by atoms with Crippen LogP contribution in [-0.4, -0.2) is 22.1 Å². The lowest BCUT2D eigenvalue weighted by molar-refractivity contribution is -0.121. The number of halogens is 1. The number of amides is 1. The molecule has 2 aromatic carbocycles. The number of hydrogen-bond donors (Lipinski definition) is 1. The number of benzene rings is 2. The molecule has 1 atom stereocenters. The van der Waals surface area contributed by atoms with Crippen LogP contribution in [-0.2, 0) is 11.3 Å². The van der Waals surface area contributed by atoms with Crippen molar-refractivity contribution in [2.45, 2.75) is 32.9 Å². The van der Waals surface area contributed by atoms with Gasteiger partial charge in [-0.05, 0) is 49.7 Å². The van der Waals surface area contributed by atoms with Crippen molar-refractivity contribution in [2.24, 2.45) is 0 Å². The van der Waals surface area contributed by atoms with E-state index in [0.29, 0.717) is 17.5 Å². The molecule has 0 aliphatic carbocycles. The van der Waals surface area contributed by atoms with Gasteiger partial charge in [0.1, 0.15) is 5.75 Å². The number of rotatable bonds is 7. The van der Waals surface area contributed by atoms with Gasteiger partial charge in [0, 0.05) is 17.4 Å². The molecule has 0 spiro atoms. The second-order valence-electron chi connectivity index (χ2n) is 6.45. The molecular formula is C21H22BrN3O3. The monoisotopic (exact) mass is 443 g/mol. The fourth-order valence-corrected chi connectivity index (χ4v) is 3.29. The summed E-state index contributed by atoms with van der Waals surface area (Å²) < 4.78 is 7.72. The maximum Gasteiger partial charge on any atom is 0.261 e. The molecule has 0 aliphatic rings. The van der Waals surface area contributed by atoms with Crippen LogP contribution < -0.4 is 15.6 Å². The van der Waals surface area contributed by atoms with Gasteiger partial charge in [0.25, 0.3) is 5.56 Å². The Hall–Kier alpha value is -2.67. The number of aryl methyl sites for hydroxylation is 1. The van der Waals surface area contributed by atoms with Crippen molar-refractivity contribution in [1.29, 1.82) is 0 Å². The van der Waals surface area contributed by atoms with Gasteiger partial charge in [0.2, 0.25) is 5.91 Å². The Morgan fingerprint density at radius 2 is 2.00 bits per heavy atom. The van der Waals surface area contributed by atoms with Crippen molar-refractivity contribution in [3.05, 3.63) is 69.2 Å². The zero-order valence-corrected chi connectivity index (χ0v) is 17.4. The molecule has 3 rings (SSSR count). The summed E-state index contributed by atoms with van der Waals surface area (Å²) in [6.45, 7) is 4.75. The molecule has 28 heavy (non-hydrogen) atoms. The highest BCUT2D eigenvalue weighted by Crippen LogP contribution is 2.18. The Kier molecular flexibility index (Phi) is 6.46. The van der Waals surface area contributed by atoms with Crippen molar-refractivity contribution in [2.75, 3.05) is 6.61 Å². The molecule has 0 radical (unpaired) electrons. The van der Waals surface area contributed by atoms with Crippen LogP contribution in [0.5, 0.6) is 5.75 Å². The van der Waals surface area contributed by atoms with E-state index in [1.165, 1.54) is 10.9 Å². The van der Waals surface area contributed by atoms with Gasteiger partial charge in [-0.25, -0.2) is 4.98 Å².